The molecule has 4 nitrogen and oxygen atoms in total. The first kappa shape index (κ1) is 13.5. The van der Waals surface area contributed by atoms with Crippen molar-refractivity contribution in [2.24, 2.45) is 11.7 Å². The zero-order valence-electron chi connectivity index (χ0n) is 10.4. The number of aliphatic hydroxyl groups is 1. The molecule has 1 aromatic carbocycles. The monoisotopic (exact) mass is 237 g/mol. The third-order valence-electron chi connectivity index (χ3n) is 2.59. The molecule has 0 heterocycles. The molecular weight excluding hydrogens is 218 g/mol. The predicted molar refractivity (Wildman–Crippen MR) is 65.7 cm³/mol. The Morgan fingerprint density at radius 1 is 1.47 bits per heavy atom. The van der Waals surface area contributed by atoms with Crippen LogP contribution in [0.15, 0.2) is 18.2 Å². The fraction of sp³-hybridized carbons (Fsp3) is 0.462. The number of carbonyl (C=O) groups excluding carboxylic acids is 1. The maximum Gasteiger partial charge on any atom is 0.223 e. The van der Waals surface area contributed by atoms with Gasteiger partial charge in [-0.3, -0.25) is 4.79 Å². The van der Waals surface area contributed by atoms with Gasteiger partial charge in [-0.15, -0.1) is 0 Å². The van der Waals surface area contributed by atoms with Gasteiger partial charge in [0.1, 0.15) is 5.75 Å². The number of amides is 1. The molecule has 0 aliphatic heterocycles. The Morgan fingerprint density at radius 3 is 2.65 bits per heavy atom. The van der Waals surface area contributed by atoms with Gasteiger partial charge in [0.15, 0.2) is 0 Å². The molecule has 94 valence electrons. The molecule has 2 atom stereocenters. The highest BCUT2D eigenvalue weighted by atomic mass is 16.5. The smallest absolute Gasteiger partial charge is 0.223 e. The molecule has 0 fully saturated rings. The Balaban J connectivity index is 2.80. The van der Waals surface area contributed by atoms with Crippen molar-refractivity contribution in [2.45, 2.75) is 26.9 Å². The Hall–Kier alpha value is -1.55. The van der Waals surface area contributed by atoms with Crippen LogP contribution in [0.3, 0.4) is 0 Å². The van der Waals surface area contributed by atoms with E-state index in [2.05, 4.69) is 0 Å². The minimum absolute atomic E-state index is 0.220. The topological polar surface area (TPSA) is 72.5 Å². The molecular formula is C13H19NO3. The summed E-state index contributed by atoms with van der Waals surface area (Å²) in [4.78, 5) is 10.9. The summed E-state index contributed by atoms with van der Waals surface area (Å²) in [5.74, 6) is -0.146. The zero-order valence-corrected chi connectivity index (χ0v) is 10.4. The highest BCUT2D eigenvalue weighted by molar-refractivity contribution is 5.76. The summed E-state index contributed by atoms with van der Waals surface area (Å²) < 4.78 is 5.52. The zero-order chi connectivity index (χ0) is 13.0. The molecule has 1 rings (SSSR count). The van der Waals surface area contributed by atoms with E-state index < -0.39 is 12.0 Å². The van der Waals surface area contributed by atoms with Crippen molar-refractivity contribution < 1.29 is 14.6 Å². The molecule has 0 aliphatic carbocycles. The minimum atomic E-state index is -0.603. The van der Waals surface area contributed by atoms with E-state index in [4.69, 9.17) is 10.5 Å². The number of ether oxygens (including phenoxy) is 1. The van der Waals surface area contributed by atoms with Crippen LogP contribution in [0, 0.1) is 12.8 Å². The lowest BCUT2D eigenvalue weighted by atomic mass is 10.1. The van der Waals surface area contributed by atoms with Gasteiger partial charge in [-0.1, -0.05) is 18.6 Å². The van der Waals surface area contributed by atoms with Crippen LogP contribution in [0.2, 0.25) is 0 Å². The molecule has 0 saturated heterocycles. The third kappa shape index (κ3) is 3.75. The largest absolute Gasteiger partial charge is 0.492 e. The van der Waals surface area contributed by atoms with Crippen LogP contribution >= 0.6 is 0 Å². The molecule has 0 radical (unpaired) electrons. The summed E-state index contributed by atoms with van der Waals surface area (Å²) >= 11 is 0. The van der Waals surface area contributed by atoms with Crippen molar-refractivity contribution in [3.63, 3.8) is 0 Å². The van der Waals surface area contributed by atoms with E-state index in [0.717, 1.165) is 11.1 Å². The van der Waals surface area contributed by atoms with Gasteiger partial charge in [0.05, 0.1) is 18.6 Å². The standard InChI is InChI=1S/C13H19NO3/c1-8-4-5-12(11(6-8)10(3)15)17-7-9(2)13(14)16/h4-6,9-10,15H,7H2,1-3H3,(H2,14,16)/t9?,10-/m0/s1. The molecule has 1 unspecified atom stereocenters. The molecule has 0 aliphatic rings. The lowest BCUT2D eigenvalue weighted by Gasteiger charge is -2.15. The highest BCUT2D eigenvalue weighted by Gasteiger charge is 2.13. The molecule has 17 heavy (non-hydrogen) atoms. The summed E-state index contributed by atoms with van der Waals surface area (Å²) in [5, 5.41) is 9.63. The average Bonchev–Trinajstić information content (AvgIpc) is 2.26. The number of nitrogens with two attached hydrogens (primary N) is 1. The molecule has 1 aromatic rings. The SMILES string of the molecule is Cc1ccc(OCC(C)C(N)=O)c([C@H](C)O)c1. The van der Waals surface area contributed by atoms with E-state index in [1.165, 1.54) is 0 Å². The molecule has 1 amide bonds. The van der Waals surface area contributed by atoms with Gasteiger partial charge in [-0.05, 0) is 26.0 Å². The van der Waals surface area contributed by atoms with Crippen molar-refractivity contribution >= 4 is 5.91 Å². The number of hydrogen-bond acceptors (Lipinski definition) is 3. The normalized spacial score (nSPS) is 14.1. The number of carbonyl (C=O) groups is 1. The van der Waals surface area contributed by atoms with Crippen LogP contribution < -0.4 is 10.5 Å². The first-order chi connectivity index (χ1) is 7.91. The Labute approximate surface area is 101 Å². The van der Waals surface area contributed by atoms with Crippen LogP contribution in [0.4, 0.5) is 0 Å². The van der Waals surface area contributed by atoms with Gasteiger partial charge in [-0.25, -0.2) is 0 Å². The van der Waals surface area contributed by atoms with E-state index in [1.807, 2.05) is 19.1 Å². The number of primary amides is 1. The summed E-state index contributed by atoms with van der Waals surface area (Å²) in [5.41, 5.74) is 6.93. The molecule has 3 N–H and O–H groups in total. The highest BCUT2D eigenvalue weighted by Crippen LogP contribution is 2.26. The van der Waals surface area contributed by atoms with E-state index in [0.29, 0.717) is 5.75 Å². The van der Waals surface area contributed by atoms with E-state index in [1.54, 1.807) is 19.9 Å². The van der Waals surface area contributed by atoms with Crippen LogP contribution in [-0.4, -0.2) is 17.6 Å². The number of benzene rings is 1. The second kappa shape index (κ2) is 5.68. The van der Waals surface area contributed by atoms with Crippen LogP contribution in [0.1, 0.15) is 31.1 Å². The number of rotatable bonds is 5. The van der Waals surface area contributed by atoms with Crippen molar-refractivity contribution in [3.05, 3.63) is 29.3 Å². The fourth-order valence-electron chi connectivity index (χ4n) is 1.42. The summed E-state index contributed by atoms with van der Waals surface area (Å²) in [6.07, 6.45) is -0.603. The summed E-state index contributed by atoms with van der Waals surface area (Å²) in [6, 6.07) is 5.57. The van der Waals surface area contributed by atoms with Crippen molar-refractivity contribution in [1.82, 2.24) is 0 Å². The van der Waals surface area contributed by atoms with E-state index >= 15 is 0 Å². The van der Waals surface area contributed by atoms with Gasteiger partial charge in [-0.2, -0.15) is 0 Å². The molecule has 0 aromatic heterocycles. The van der Waals surface area contributed by atoms with Gasteiger partial charge in [0.2, 0.25) is 5.91 Å². The molecule has 0 saturated carbocycles. The second-order valence-electron chi connectivity index (χ2n) is 4.33. The van der Waals surface area contributed by atoms with Gasteiger partial charge in [0.25, 0.3) is 0 Å². The Kier molecular flexibility index (Phi) is 4.52. The lowest BCUT2D eigenvalue weighted by Crippen LogP contribution is -2.26. The Morgan fingerprint density at radius 2 is 2.12 bits per heavy atom. The van der Waals surface area contributed by atoms with Crippen molar-refractivity contribution in [3.8, 4) is 5.75 Å². The average molecular weight is 237 g/mol. The van der Waals surface area contributed by atoms with Crippen molar-refractivity contribution in [1.29, 1.82) is 0 Å². The maximum absolute atomic E-state index is 10.9. The predicted octanol–water partition coefficient (Wildman–Crippen LogP) is 1.55. The minimum Gasteiger partial charge on any atom is -0.492 e. The molecule has 4 heteroatoms. The van der Waals surface area contributed by atoms with Gasteiger partial charge < -0.3 is 15.6 Å². The van der Waals surface area contributed by atoms with E-state index in [-0.39, 0.29) is 12.5 Å². The van der Waals surface area contributed by atoms with Crippen LogP contribution in [0.5, 0.6) is 5.75 Å². The Bertz CT molecular complexity index is 402. The van der Waals surface area contributed by atoms with Crippen molar-refractivity contribution in [2.75, 3.05) is 6.61 Å². The second-order valence-corrected chi connectivity index (χ2v) is 4.33. The summed E-state index contributed by atoms with van der Waals surface area (Å²) in [7, 11) is 0. The van der Waals surface area contributed by atoms with E-state index in [9.17, 15) is 9.90 Å². The number of aryl methyl sites for hydroxylation is 1. The first-order valence-corrected chi connectivity index (χ1v) is 5.62. The lowest BCUT2D eigenvalue weighted by molar-refractivity contribution is -0.122. The fourth-order valence-corrected chi connectivity index (χ4v) is 1.42. The van der Waals surface area contributed by atoms with Gasteiger partial charge in [0, 0.05) is 5.56 Å². The summed E-state index contributed by atoms with van der Waals surface area (Å²) in [6.45, 7) is 5.55. The first-order valence-electron chi connectivity index (χ1n) is 5.62. The van der Waals surface area contributed by atoms with Gasteiger partial charge >= 0.3 is 0 Å². The van der Waals surface area contributed by atoms with Crippen LogP contribution in [-0.2, 0) is 4.79 Å². The quantitative estimate of drug-likeness (QED) is 0.816. The van der Waals surface area contributed by atoms with Crippen LogP contribution in [0.25, 0.3) is 0 Å². The molecule has 0 bridgehead atoms. The third-order valence-corrected chi connectivity index (χ3v) is 2.59. The maximum atomic E-state index is 10.9. The number of aliphatic hydroxyl groups excluding tert-OH is 1. The number of hydrogen-bond donors (Lipinski definition) is 2. The molecule has 0 spiro atoms.